The van der Waals surface area contributed by atoms with Gasteiger partial charge in [0.2, 0.25) is 0 Å². The molecule has 8 heteroatoms. The number of esters is 1. The zero-order chi connectivity index (χ0) is 22.5. The molecule has 0 unspecified atom stereocenters. The largest absolute Gasteiger partial charge is 0.465 e. The Morgan fingerprint density at radius 1 is 1.03 bits per heavy atom. The Morgan fingerprint density at radius 3 is 2.38 bits per heavy atom. The summed E-state index contributed by atoms with van der Waals surface area (Å²) in [5, 5.41) is 4.94. The van der Waals surface area contributed by atoms with E-state index in [1.807, 2.05) is 42.5 Å². The van der Waals surface area contributed by atoms with Crippen LogP contribution in [0.5, 0.6) is 0 Å². The summed E-state index contributed by atoms with van der Waals surface area (Å²) >= 11 is 6.02. The molecular weight excluding hydrogens is 428 g/mol. The number of benzene rings is 2. The summed E-state index contributed by atoms with van der Waals surface area (Å²) < 4.78 is 7.02. The second kappa shape index (κ2) is 9.97. The van der Waals surface area contributed by atoms with Gasteiger partial charge in [0.05, 0.1) is 24.1 Å². The molecule has 1 aromatic heterocycles. The molecule has 166 valence electrons. The van der Waals surface area contributed by atoms with Crippen LogP contribution in [-0.4, -0.2) is 64.2 Å². The van der Waals surface area contributed by atoms with Gasteiger partial charge in [0, 0.05) is 37.4 Å². The predicted molar refractivity (Wildman–Crippen MR) is 122 cm³/mol. The van der Waals surface area contributed by atoms with Gasteiger partial charge in [0.1, 0.15) is 6.04 Å². The van der Waals surface area contributed by atoms with E-state index in [0.717, 1.165) is 11.3 Å². The van der Waals surface area contributed by atoms with Crippen molar-refractivity contribution in [2.24, 2.45) is 0 Å². The summed E-state index contributed by atoms with van der Waals surface area (Å²) in [6.07, 6.45) is 3.34. The third-order valence-corrected chi connectivity index (χ3v) is 5.76. The van der Waals surface area contributed by atoms with E-state index in [4.69, 9.17) is 16.3 Å². The molecule has 1 atom stereocenters. The van der Waals surface area contributed by atoms with Crippen LogP contribution in [0.3, 0.4) is 0 Å². The van der Waals surface area contributed by atoms with E-state index in [-0.39, 0.29) is 11.9 Å². The number of nitrogens with zero attached hydrogens (tertiary/aromatic N) is 4. The molecule has 0 aliphatic carbocycles. The lowest BCUT2D eigenvalue weighted by Crippen LogP contribution is -2.51. The van der Waals surface area contributed by atoms with Gasteiger partial charge < -0.3 is 9.64 Å². The van der Waals surface area contributed by atoms with Crippen molar-refractivity contribution >= 4 is 23.5 Å². The first kappa shape index (κ1) is 22.0. The maximum absolute atomic E-state index is 13.0. The van der Waals surface area contributed by atoms with Crippen molar-refractivity contribution in [1.29, 1.82) is 0 Å². The first-order chi connectivity index (χ1) is 15.6. The number of amides is 1. The summed E-state index contributed by atoms with van der Waals surface area (Å²) in [5.74, 6) is -0.357. The Labute approximate surface area is 192 Å². The molecule has 0 spiro atoms. The molecule has 7 nitrogen and oxygen atoms in total. The maximum Gasteiger partial charge on any atom is 0.328 e. The highest BCUT2D eigenvalue weighted by atomic mass is 35.5. The Hall–Kier alpha value is -3.16. The van der Waals surface area contributed by atoms with Crippen molar-refractivity contribution in [2.45, 2.75) is 13.0 Å². The third kappa shape index (κ3) is 4.84. The number of carbonyl (C=O) groups excluding carboxylic acids is 2. The normalized spacial score (nSPS) is 15.4. The number of piperazine rings is 1. The van der Waals surface area contributed by atoms with Gasteiger partial charge in [0.25, 0.3) is 5.91 Å². The van der Waals surface area contributed by atoms with E-state index in [9.17, 15) is 9.59 Å². The van der Waals surface area contributed by atoms with Gasteiger partial charge in [-0.15, -0.1) is 0 Å². The highest BCUT2D eigenvalue weighted by Gasteiger charge is 2.33. The van der Waals surface area contributed by atoms with Gasteiger partial charge in [-0.05, 0) is 36.8 Å². The number of hydrogen-bond donors (Lipinski definition) is 0. The van der Waals surface area contributed by atoms with Crippen LogP contribution in [0.15, 0.2) is 67.0 Å². The minimum atomic E-state index is -0.523. The van der Waals surface area contributed by atoms with Crippen LogP contribution < -0.4 is 0 Å². The van der Waals surface area contributed by atoms with Crippen LogP contribution in [0.25, 0.3) is 5.69 Å². The molecule has 2 aromatic carbocycles. The van der Waals surface area contributed by atoms with Crippen LogP contribution in [0, 0.1) is 0 Å². The number of halogens is 1. The van der Waals surface area contributed by atoms with E-state index in [1.165, 1.54) is 0 Å². The molecule has 32 heavy (non-hydrogen) atoms. The average molecular weight is 453 g/mol. The second-order valence-electron chi connectivity index (χ2n) is 7.54. The van der Waals surface area contributed by atoms with Crippen molar-refractivity contribution in [1.82, 2.24) is 19.6 Å². The Balaban J connectivity index is 1.44. The second-order valence-corrected chi connectivity index (χ2v) is 7.98. The van der Waals surface area contributed by atoms with Gasteiger partial charge in [-0.25, -0.2) is 9.48 Å². The van der Waals surface area contributed by atoms with Crippen molar-refractivity contribution in [3.8, 4) is 5.69 Å². The lowest BCUT2D eigenvalue weighted by molar-refractivity contribution is -0.150. The molecule has 0 N–H and O–H groups in total. The van der Waals surface area contributed by atoms with Crippen LogP contribution in [0.4, 0.5) is 0 Å². The van der Waals surface area contributed by atoms with Crippen molar-refractivity contribution < 1.29 is 14.3 Å². The fraction of sp³-hybridized carbons (Fsp3) is 0.292. The monoisotopic (exact) mass is 452 g/mol. The molecule has 1 saturated heterocycles. The SMILES string of the molecule is CCOC(=O)[C@H](c1ccc(Cl)cc1)N1CCN(C(=O)c2cnn(-c3ccccc3)c2)CC1. The molecule has 0 bridgehead atoms. The summed E-state index contributed by atoms with van der Waals surface area (Å²) in [6.45, 7) is 4.25. The molecule has 0 saturated carbocycles. The topological polar surface area (TPSA) is 67.7 Å². The Morgan fingerprint density at radius 2 is 1.72 bits per heavy atom. The Bertz CT molecular complexity index is 1060. The van der Waals surface area contributed by atoms with Crippen LogP contribution in [0.2, 0.25) is 5.02 Å². The maximum atomic E-state index is 13.0. The molecule has 0 radical (unpaired) electrons. The lowest BCUT2D eigenvalue weighted by atomic mass is 10.0. The first-order valence-electron chi connectivity index (χ1n) is 10.6. The highest BCUT2D eigenvalue weighted by Crippen LogP contribution is 2.26. The smallest absolute Gasteiger partial charge is 0.328 e. The van der Waals surface area contributed by atoms with Gasteiger partial charge in [0.15, 0.2) is 0 Å². The number of carbonyl (C=O) groups is 2. The fourth-order valence-electron chi connectivity index (χ4n) is 3.88. The summed E-state index contributed by atoms with van der Waals surface area (Å²) in [7, 11) is 0. The standard InChI is InChI=1S/C24H25ClN4O3/c1-2-32-24(31)22(18-8-10-20(25)11-9-18)27-12-14-28(15-13-27)23(30)19-16-26-29(17-19)21-6-4-3-5-7-21/h3-11,16-17,22H,2,12-15H2,1H3/t22-/m0/s1. The van der Waals surface area contributed by atoms with Gasteiger partial charge in [-0.1, -0.05) is 41.9 Å². The van der Waals surface area contributed by atoms with E-state index < -0.39 is 6.04 Å². The van der Waals surface area contributed by atoms with Crippen LogP contribution in [0.1, 0.15) is 28.9 Å². The first-order valence-corrected chi connectivity index (χ1v) is 11.0. The van der Waals surface area contributed by atoms with Crippen LogP contribution >= 0.6 is 11.6 Å². The van der Waals surface area contributed by atoms with Gasteiger partial charge >= 0.3 is 5.97 Å². The molecule has 1 aliphatic rings. The van der Waals surface area contributed by atoms with E-state index in [0.29, 0.717) is 43.4 Å². The van der Waals surface area contributed by atoms with E-state index >= 15 is 0 Å². The highest BCUT2D eigenvalue weighted by molar-refractivity contribution is 6.30. The van der Waals surface area contributed by atoms with Crippen molar-refractivity contribution in [3.05, 3.63) is 83.1 Å². The summed E-state index contributed by atoms with van der Waals surface area (Å²) in [5.41, 5.74) is 2.27. The number of ether oxygens (including phenoxy) is 1. The van der Waals surface area contributed by atoms with Gasteiger partial charge in [-0.2, -0.15) is 5.10 Å². The van der Waals surface area contributed by atoms with Crippen molar-refractivity contribution in [2.75, 3.05) is 32.8 Å². The number of rotatable bonds is 6. The molecule has 1 amide bonds. The third-order valence-electron chi connectivity index (χ3n) is 5.51. The minimum absolute atomic E-state index is 0.0639. The zero-order valence-electron chi connectivity index (χ0n) is 17.9. The van der Waals surface area contributed by atoms with Crippen molar-refractivity contribution in [3.63, 3.8) is 0 Å². The predicted octanol–water partition coefficient (Wildman–Crippen LogP) is 3.59. The summed E-state index contributed by atoms with van der Waals surface area (Å²) in [4.78, 5) is 29.6. The number of aromatic nitrogens is 2. The molecular formula is C24H25ClN4O3. The molecule has 2 heterocycles. The average Bonchev–Trinajstić information content (AvgIpc) is 3.32. The lowest BCUT2D eigenvalue weighted by Gasteiger charge is -2.38. The zero-order valence-corrected chi connectivity index (χ0v) is 18.6. The molecule has 1 fully saturated rings. The molecule has 4 rings (SSSR count). The molecule has 1 aliphatic heterocycles. The van der Waals surface area contributed by atoms with Crippen LogP contribution in [-0.2, 0) is 9.53 Å². The fourth-order valence-corrected chi connectivity index (χ4v) is 4.01. The number of para-hydroxylation sites is 1. The summed E-state index contributed by atoms with van der Waals surface area (Å²) in [6, 6.07) is 16.4. The minimum Gasteiger partial charge on any atom is -0.465 e. The van der Waals surface area contributed by atoms with Gasteiger partial charge in [-0.3, -0.25) is 9.69 Å². The quantitative estimate of drug-likeness (QED) is 0.535. The van der Waals surface area contributed by atoms with E-state index in [2.05, 4.69) is 10.00 Å². The van der Waals surface area contributed by atoms with E-state index in [1.54, 1.807) is 41.0 Å². The number of hydrogen-bond acceptors (Lipinski definition) is 5. The Kier molecular flexibility index (Phi) is 6.87. The molecule has 3 aromatic rings.